The number of halogens is 1. The van der Waals surface area contributed by atoms with Crippen molar-refractivity contribution in [2.45, 2.75) is 20.4 Å². The lowest BCUT2D eigenvalue weighted by atomic mass is 10.1. The Hall–Kier alpha value is -1.62. The van der Waals surface area contributed by atoms with Crippen LogP contribution in [0.25, 0.3) is 11.1 Å². The highest BCUT2D eigenvalue weighted by Gasteiger charge is 2.06. The first-order valence-electron chi connectivity index (χ1n) is 6.97. The molecule has 0 atom stereocenters. The van der Waals surface area contributed by atoms with Gasteiger partial charge in [-0.2, -0.15) is 5.10 Å². The summed E-state index contributed by atoms with van der Waals surface area (Å²) in [6.45, 7) is 5.10. The molecule has 3 rings (SSSR count). The van der Waals surface area contributed by atoms with Gasteiger partial charge in [0.2, 0.25) is 0 Å². The summed E-state index contributed by atoms with van der Waals surface area (Å²) in [5.74, 6) is 0. The second kappa shape index (κ2) is 6.02. The van der Waals surface area contributed by atoms with Gasteiger partial charge in [0.15, 0.2) is 0 Å². The highest BCUT2D eigenvalue weighted by Crippen LogP contribution is 2.24. The molecule has 0 saturated carbocycles. The molecule has 0 unspecified atom stereocenters. The minimum atomic E-state index is 0.816. The Morgan fingerprint density at radius 3 is 2.71 bits per heavy atom. The van der Waals surface area contributed by atoms with Crippen molar-refractivity contribution in [1.82, 2.24) is 9.78 Å². The van der Waals surface area contributed by atoms with Gasteiger partial charge in [-0.3, -0.25) is 4.68 Å². The second-order valence-electron chi connectivity index (χ2n) is 5.34. The molecule has 0 spiro atoms. The van der Waals surface area contributed by atoms with Gasteiger partial charge in [-0.15, -0.1) is 0 Å². The monoisotopic (exact) mass is 388 g/mol. The zero-order chi connectivity index (χ0) is 14.8. The Labute approximate surface area is 139 Å². The summed E-state index contributed by atoms with van der Waals surface area (Å²) in [4.78, 5) is 0. The molecular formula is C18H17IN2. The lowest BCUT2D eigenvalue weighted by molar-refractivity contribution is 0.684. The van der Waals surface area contributed by atoms with E-state index in [1.54, 1.807) is 0 Å². The molecule has 0 saturated heterocycles. The molecular weight excluding hydrogens is 371 g/mol. The number of nitrogens with zero attached hydrogens (tertiary/aromatic N) is 2. The number of hydrogen-bond acceptors (Lipinski definition) is 1. The standard InChI is InChI=1S/C18H17IN2/c1-13-7-8-14(2)15(9-13)11-21-12-16(10-20-21)17-5-3-4-6-18(17)19/h3-10,12H,11H2,1-2H3. The highest BCUT2D eigenvalue weighted by molar-refractivity contribution is 14.1. The molecule has 106 valence electrons. The second-order valence-corrected chi connectivity index (χ2v) is 6.50. The van der Waals surface area contributed by atoms with Gasteiger partial charge in [0.05, 0.1) is 12.7 Å². The van der Waals surface area contributed by atoms with E-state index < -0.39 is 0 Å². The molecule has 0 amide bonds. The molecule has 0 radical (unpaired) electrons. The van der Waals surface area contributed by atoms with Crippen LogP contribution in [0.4, 0.5) is 0 Å². The van der Waals surface area contributed by atoms with Gasteiger partial charge < -0.3 is 0 Å². The lowest BCUT2D eigenvalue weighted by Gasteiger charge is -2.07. The molecule has 0 aliphatic rings. The number of rotatable bonds is 3. The van der Waals surface area contributed by atoms with Crippen LogP contribution in [0.2, 0.25) is 0 Å². The van der Waals surface area contributed by atoms with Crippen LogP contribution in [0, 0.1) is 17.4 Å². The first-order chi connectivity index (χ1) is 10.1. The molecule has 0 bridgehead atoms. The number of hydrogen-bond donors (Lipinski definition) is 0. The molecule has 2 nitrogen and oxygen atoms in total. The molecule has 0 N–H and O–H groups in total. The van der Waals surface area contributed by atoms with Crippen molar-refractivity contribution in [1.29, 1.82) is 0 Å². The summed E-state index contributed by atoms with van der Waals surface area (Å²) >= 11 is 2.37. The van der Waals surface area contributed by atoms with E-state index in [0.717, 1.165) is 6.54 Å². The highest BCUT2D eigenvalue weighted by atomic mass is 127. The first kappa shape index (κ1) is 14.3. The van der Waals surface area contributed by atoms with E-state index in [-0.39, 0.29) is 0 Å². The Kier molecular flexibility index (Phi) is 4.10. The van der Waals surface area contributed by atoms with Crippen molar-refractivity contribution in [2.24, 2.45) is 0 Å². The largest absolute Gasteiger partial charge is 0.268 e. The van der Waals surface area contributed by atoms with Crippen LogP contribution >= 0.6 is 22.6 Å². The van der Waals surface area contributed by atoms with Crippen LogP contribution in [0.5, 0.6) is 0 Å². The van der Waals surface area contributed by atoms with Crippen LogP contribution < -0.4 is 0 Å². The van der Waals surface area contributed by atoms with Gasteiger partial charge in [0.1, 0.15) is 0 Å². The normalized spacial score (nSPS) is 10.8. The van der Waals surface area contributed by atoms with Crippen molar-refractivity contribution in [3.05, 3.63) is 75.1 Å². The Bertz CT molecular complexity index is 774. The summed E-state index contributed by atoms with van der Waals surface area (Å²) in [7, 11) is 0. The molecule has 0 aliphatic carbocycles. The Balaban J connectivity index is 1.89. The van der Waals surface area contributed by atoms with E-state index in [2.05, 4.69) is 90.2 Å². The van der Waals surface area contributed by atoms with Crippen LogP contribution in [-0.2, 0) is 6.54 Å². The predicted octanol–water partition coefficient (Wildman–Crippen LogP) is 4.82. The van der Waals surface area contributed by atoms with Gasteiger partial charge in [0.25, 0.3) is 0 Å². The topological polar surface area (TPSA) is 17.8 Å². The maximum atomic E-state index is 4.51. The van der Waals surface area contributed by atoms with Crippen molar-refractivity contribution >= 4 is 22.6 Å². The molecule has 21 heavy (non-hydrogen) atoms. The fourth-order valence-corrected chi connectivity index (χ4v) is 3.13. The van der Waals surface area contributed by atoms with Gasteiger partial charge in [-0.1, -0.05) is 42.0 Å². The SMILES string of the molecule is Cc1ccc(C)c(Cn2cc(-c3ccccc3I)cn2)c1. The van der Waals surface area contributed by atoms with Crippen molar-refractivity contribution < 1.29 is 0 Å². The van der Waals surface area contributed by atoms with Crippen molar-refractivity contribution in [2.75, 3.05) is 0 Å². The van der Waals surface area contributed by atoms with E-state index in [9.17, 15) is 0 Å². The lowest BCUT2D eigenvalue weighted by Crippen LogP contribution is -2.02. The number of aromatic nitrogens is 2. The maximum absolute atomic E-state index is 4.51. The van der Waals surface area contributed by atoms with E-state index in [1.807, 2.05) is 10.9 Å². The summed E-state index contributed by atoms with van der Waals surface area (Å²) in [6.07, 6.45) is 4.07. The summed E-state index contributed by atoms with van der Waals surface area (Å²) in [6, 6.07) is 15.0. The van der Waals surface area contributed by atoms with Crippen LogP contribution in [0.15, 0.2) is 54.9 Å². The van der Waals surface area contributed by atoms with Crippen molar-refractivity contribution in [3.8, 4) is 11.1 Å². The van der Waals surface area contributed by atoms with Gasteiger partial charge in [0, 0.05) is 15.3 Å². The van der Waals surface area contributed by atoms with Crippen LogP contribution in [0.3, 0.4) is 0 Å². The van der Waals surface area contributed by atoms with Crippen LogP contribution in [0.1, 0.15) is 16.7 Å². The Morgan fingerprint density at radius 1 is 1.10 bits per heavy atom. The average molecular weight is 388 g/mol. The molecule has 2 aromatic carbocycles. The zero-order valence-corrected chi connectivity index (χ0v) is 14.3. The third kappa shape index (κ3) is 3.18. The maximum Gasteiger partial charge on any atom is 0.0662 e. The molecule has 3 heteroatoms. The quantitative estimate of drug-likeness (QED) is 0.589. The zero-order valence-electron chi connectivity index (χ0n) is 12.2. The third-order valence-electron chi connectivity index (χ3n) is 3.66. The van der Waals surface area contributed by atoms with Gasteiger partial charge in [-0.05, 0) is 59.2 Å². The van der Waals surface area contributed by atoms with Crippen molar-refractivity contribution in [3.63, 3.8) is 0 Å². The van der Waals surface area contributed by atoms with Gasteiger partial charge >= 0.3 is 0 Å². The third-order valence-corrected chi connectivity index (χ3v) is 4.60. The molecule has 1 heterocycles. The van der Waals surface area contributed by atoms with E-state index in [1.165, 1.54) is 31.4 Å². The molecule has 0 aliphatic heterocycles. The molecule has 0 fully saturated rings. The van der Waals surface area contributed by atoms with Gasteiger partial charge in [-0.25, -0.2) is 0 Å². The summed E-state index contributed by atoms with van der Waals surface area (Å²) in [5.41, 5.74) is 6.34. The minimum absolute atomic E-state index is 0.816. The van der Waals surface area contributed by atoms with E-state index >= 15 is 0 Å². The van der Waals surface area contributed by atoms with E-state index in [4.69, 9.17) is 0 Å². The first-order valence-corrected chi connectivity index (χ1v) is 8.05. The number of benzene rings is 2. The Morgan fingerprint density at radius 2 is 1.90 bits per heavy atom. The fourth-order valence-electron chi connectivity index (χ4n) is 2.43. The molecule has 1 aromatic heterocycles. The number of aryl methyl sites for hydroxylation is 2. The van der Waals surface area contributed by atoms with Crippen LogP contribution in [-0.4, -0.2) is 9.78 Å². The summed E-state index contributed by atoms with van der Waals surface area (Å²) < 4.78 is 3.27. The fraction of sp³-hybridized carbons (Fsp3) is 0.167. The summed E-state index contributed by atoms with van der Waals surface area (Å²) in [5, 5.41) is 4.51. The minimum Gasteiger partial charge on any atom is -0.268 e. The average Bonchev–Trinajstić information content (AvgIpc) is 2.92. The smallest absolute Gasteiger partial charge is 0.0662 e. The van der Waals surface area contributed by atoms with E-state index in [0.29, 0.717) is 0 Å². The predicted molar refractivity (Wildman–Crippen MR) is 95.4 cm³/mol. The molecule has 3 aromatic rings.